The smallest absolute Gasteiger partial charge is 0.550 e. The largest absolute Gasteiger partial charge is 1.00 e. The van der Waals surface area contributed by atoms with E-state index in [1.807, 2.05) is 55.5 Å². The first-order valence-electron chi connectivity index (χ1n) is 11.0. The summed E-state index contributed by atoms with van der Waals surface area (Å²) in [6, 6.07) is 15.7. The van der Waals surface area contributed by atoms with E-state index in [1.165, 1.54) is 0 Å². The first kappa shape index (κ1) is 25.0. The molecule has 1 amide bonds. The number of aromatic nitrogens is 1. The van der Waals surface area contributed by atoms with Crippen LogP contribution >= 0.6 is 15.9 Å². The maximum atomic E-state index is 13.8. The third kappa shape index (κ3) is 4.48. The van der Waals surface area contributed by atoms with Gasteiger partial charge in [0.05, 0.1) is 16.8 Å². The number of nitrogens with one attached hydrogen (secondary N) is 1. The van der Waals surface area contributed by atoms with E-state index in [0.29, 0.717) is 44.1 Å². The standard InChI is InChI=1S/C26H25BrN2O3.K/c1-16-21(23(30)29-26-12-9-25(10-13-26,11-14-26)24(31)32)19-15-18(27)7-8-20(19)28-22(16)17-5-3-2-4-6-17;/h2-8,15H,9-14H2,1H3,(H,29,30)(H,31,32);/q;+1/p-1. The molecular weight excluding hydrogens is 507 g/mol. The Kier molecular flexibility index (Phi) is 7.21. The van der Waals surface area contributed by atoms with Gasteiger partial charge in [0.1, 0.15) is 0 Å². The number of pyridine rings is 1. The van der Waals surface area contributed by atoms with Crippen molar-refractivity contribution in [1.29, 1.82) is 0 Å². The topological polar surface area (TPSA) is 82.1 Å². The van der Waals surface area contributed by atoms with Crippen LogP contribution in [0.15, 0.2) is 53.0 Å². The molecule has 0 atom stereocenters. The van der Waals surface area contributed by atoms with Crippen LogP contribution in [0.2, 0.25) is 0 Å². The van der Waals surface area contributed by atoms with Crippen molar-refractivity contribution in [3.8, 4) is 11.3 Å². The van der Waals surface area contributed by atoms with Gasteiger partial charge in [-0.15, -0.1) is 0 Å². The van der Waals surface area contributed by atoms with Crippen LogP contribution in [0.4, 0.5) is 0 Å². The molecule has 0 aliphatic heterocycles. The molecule has 6 rings (SSSR count). The van der Waals surface area contributed by atoms with E-state index in [2.05, 4.69) is 21.2 Å². The zero-order valence-electron chi connectivity index (χ0n) is 18.9. The Morgan fingerprint density at radius 3 is 2.24 bits per heavy atom. The number of amides is 1. The molecule has 0 spiro atoms. The molecule has 0 unspecified atom stereocenters. The Bertz CT molecular complexity index is 1220. The molecule has 2 aromatic carbocycles. The number of rotatable bonds is 4. The van der Waals surface area contributed by atoms with Crippen LogP contribution in [0, 0.1) is 12.3 Å². The van der Waals surface area contributed by atoms with Crippen molar-refractivity contribution >= 4 is 38.7 Å². The number of benzene rings is 2. The Balaban J connectivity index is 0.00000259. The summed E-state index contributed by atoms with van der Waals surface area (Å²) >= 11 is 3.53. The van der Waals surface area contributed by atoms with Crippen molar-refractivity contribution in [2.24, 2.45) is 5.41 Å². The quantitative estimate of drug-likeness (QED) is 0.519. The molecule has 0 saturated heterocycles. The maximum Gasteiger partial charge on any atom is 1.00 e. The van der Waals surface area contributed by atoms with E-state index in [1.54, 1.807) is 0 Å². The third-order valence-corrected chi connectivity index (χ3v) is 8.02. The van der Waals surface area contributed by atoms with Crippen molar-refractivity contribution in [2.45, 2.75) is 51.0 Å². The van der Waals surface area contributed by atoms with Crippen LogP contribution in [-0.2, 0) is 4.79 Å². The van der Waals surface area contributed by atoms with Crippen LogP contribution in [0.1, 0.15) is 54.4 Å². The molecule has 2 bridgehead atoms. The monoisotopic (exact) mass is 530 g/mol. The van der Waals surface area contributed by atoms with Gasteiger partial charge < -0.3 is 15.2 Å². The van der Waals surface area contributed by atoms with Crippen LogP contribution in [0.5, 0.6) is 0 Å². The molecule has 3 aliphatic rings. The Morgan fingerprint density at radius 1 is 1.00 bits per heavy atom. The Hall–Kier alpha value is -1.09. The Morgan fingerprint density at radius 2 is 1.64 bits per heavy atom. The van der Waals surface area contributed by atoms with E-state index in [9.17, 15) is 14.7 Å². The van der Waals surface area contributed by atoms with Crippen LogP contribution in [0.3, 0.4) is 0 Å². The summed E-state index contributed by atoms with van der Waals surface area (Å²) in [4.78, 5) is 30.3. The number of carbonyl (C=O) groups excluding carboxylic acids is 2. The molecule has 0 radical (unpaired) electrons. The average molecular weight is 531 g/mol. The van der Waals surface area contributed by atoms with Gasteiger partial charge in [0.2, 0.25) is 0 Å². The molecule has 3 aromatic rings. The second kappa shape index (κ2) is 9.51. The molecule has 5 nitrogen and oxygen atoms in total. The fraction of sp³-hybridized carbons (Fsp3) is 0.346. The van der Waals surface area contributed by atoms with Crippen molar-refractivity contribution in [2.75, 3.05) is 0 Å². The molecule has 1 heterocycles. The molecule has 3 saturated carbocycles. The van der Waals surface area contributed by atoms with Gasteiger partial charge in [-0.25, -0.2) is 4.98 Å². The van der Waals surface area contributed by atoms with Gasteiger partial charge in [-0.05, 0) is 69.2 Å². The number of halogens is 1. The van der Waals surface area contributed by atoms with Gasteiger partial charge in [-0.1, -0.05) is 46.3 Å². The van der Waals surface area contributed by atoms with Crippen molar-refractivity contribution in [3.63, 3.8) is 0 Å². The number of carbonyl (C=O) groups is 2. The summed E-state index contributed by atoms with van der Waals surface area (Å²) < 4.78 is 0.889. The number of fused-ring (bicyclic) bond motifs is 4. The van der Waals surface area contributed by atoms with Gasteiger partial charge in [-0.2, -0.15) is 0 Å². The Labute approximate surface area is 244 Å². The summed E-state index contributed by atoms with van der Waals surface area (Å²) in [7, 11) is 0. The van der Waals surface area contributed by atoms with E-state index in [-0.39, 0.29) is 62.8 Å². The van der Waals surface area contributed by atoms with Crippen LogP contribution in [-0.4, -0.2) is 22.4 Å². The van der Waals surface area contributed by atoms with Crippen LogP contribution < -0.4 is 61.8 Å². The molecular formula is C26H24BrKN2O3. The SMILES string of the molecule is Cc1c(-c2ccccc2)nc2ccc(Br)cc2c1C(=O)NC12CCC(C(=O)[O-])(CC1)CC2.[K+]. The minimum Gasteiger partial charge on any atom is -0.550 e. The fourth-order valence-corrected chi connectivity index (χ4v) is 5.84. The second-order valence-corrected chi connectivity index (χ2v) is 10.2. The first-order chi connectivity index (χ1) is 15.3. The maximum absolute atomic E-state index is 13.8. The fourth-order valence-electron chi connectivity index (χ4n) is 5.48. The minimum atomic E-state index is -0.939. The average Bonchev–Trinajstić information content (AvgIpc) is 2.80. The number of carboxylic acids is 1. The summed E-state index contributed by atoms with van der Waals surface area (Å²) in [5, 5.41) is 15.8. The van der Waals surface area contributed by atoms with Crippen molar-refractivity contribution in [3.05, 3.63) is 64.1 Å². The number of aliphatic carboxylic acids is 1. The molecule has 7 heteroatoms. The van der Waals surface area contributed by atoms with Crippen LogP contribution in [0.25, 0.3) is 22.2 Å². The van der Waals surface area contributed by atoms with Crippen molar-refractivity contribution < 1.29 is 66.1 Å². The summed E-state index contributed by atoms with van der Waals surface area (Å²) in [6.07, 6.45) is 3.70. The van der Waals surface area contributed by atoms with E-state index in [4.69, 9.17) is 4.98 Å². The molecule has 3 aliphatic carbocycles. The summed E-state index contributed by atoms with van der Waals surface area (Å²) in [5.74, 6) is -1.06. The number of nitrogens with zero attached hydrogens (tertiary/aromatic N) is 1. The zero-order valence-corrected chi connectivity index (χ0v) is 23.6. The van der Waals surface area contributed by atoms with E-state index < -0.39 is 11.4 Å². The van der Waals surface area contributed by atoms with Gasteiger partial charge in [-0.3, -0.25) is 4.79 Å². The zero-order chi connectivity index (χ0) is 22.5. The molecule has 1 aromatic heterocycles. The molecule has 164 valence electrons. The molecule has 1 N–H and O–H groups in total. The normalized spacial score (nSPS) is 23.7. The first-order valence-corrected chi connectivity index (χ1v) is 11.8. The van der Waals surface area contributed by atoms with Gasteiger partial charge in [0, 0.05) is 32.3 Å². The summed E-state index contributed by atoms with van der Waals surface area (Å²) in [6.45, 7) is 1.95. The predicted octanol–water partition coefficient (Wildman–Crippen LogP) is 1.55. The van der Waals surface area contributed by atoms with E-state index >= 15 is 0 Å². The second-order valence-electron chi connectivity index (χ2n) is 9.29. The minimum absolute atomic E-state index is 0. The van der Waals surface area contributed by atoms with Gasteiger partial charge in [0.15, 0.2) is 0 Å². The molecule has 3 fully saturated rings. The number of hydrogen-bond acceptors (Lipinski definition) is 4. The predicted molar refractivity (Wildman–Crippen MR) is 125 cm³/mol. The number of hydrogen-bond donors (Lipinski definition) is 1. The van der Waals surface area contributed by atoms with Gasteiger partial charge >= 0.3 is 51.4 Å². The number of carboxylic acid groups (broad SMARTS) is 1. The van der Waals surface area contributed by atoms with E-state index in [0.717, 1.165) is 32.2 Å². The van der Waals surface area contributed by atoms with Crippen molar-refractivity contribution in [1.82, 2.24) is 10.3 Å². The summed E-state index contributed by atoms with van der Waals surface area (Å²) in [5.41, 5.74) is 2.94. The third-order valence-electron chi connectivity index (χ3n) is 7.52. The molecule has 33 heavy (non-hydrogen) atoms. The van der Waals surface area contributed by atoms with Gasteiger partial charge in [0.25, 0.3) is 5.91 Å².